The van der Waals surface area contributed by atoms with Gasteiger partial charge in [-0.1, -0.05) is 6.07 Å². The number of rotatable bonds is 5. The zero-order valence-corrected chi connectivity index (χ0v) is 12.1. The molecule has 0 spiro atoms. The highest BCUT2D eigenvalue weighted by atomic mass is 32.1. The number of benzene rings is 1. The highest BCUT2D eigenvalue weighted by molar-refractivity contribution is 7.07. The maximum Gasteiger partial charge on any atom is 0.133 e. The summed E-state index contributed by atoms with van der Waals surface area (Å²) in [6, 6.07) is 10.2. The summed E-state index contributed by atoms with van der Waals surface area (Å²) >= 11 is 1.73. The van der Waals surface area contributed by atoms with E-state index in [1.165, 1.54) is 10.9 Å². The number of anilines is 1. The van der Waals surface area contributed by atoms with Crippen molar-refractivity contribution in [3.63, 3.8) is 0 Å². The first kappa shape index (κ1) is 12.9. The molecule has 3 nitrogen and oxygen atoms in total. The molecule has 4 heteroatoms. The molecule has 3 rings (SSSR count). The van der Waals surface area contributed by atoms with Gasteiger partial charge in [-0.25, -0.2) is 4.98 Å². The smallest absolute Gasteiger partial charge is 0.133 e. The lowest BCUT2D eigenvalue weighted by Gasteiger charge is -2.09. The van der Waals surface area contributed by atoms with Crippen molar-refractivity contribution >= 4 is 27.9 Å². The Morgan fingerprint density at radius 2 is 2.20 bits per heavy atom. The molecule has 0 bridgehead atoms. The van der Waals surface area contributed by atoms with E-state index in [2.05, 4.69) is 33.2 Å². The molecule has 0 radical (unpaired) electrons. The summed E-state index contributed by atoms with van der Waals surface area (Å²) in [4.78, 5) is 4.44. The number of nitrogens with one attached hydrogen (secondary N) is 1. The Morgan fingerprint density at radius 3 is 3.00 bits per heavy atom. The topological polar surface area (TPSA) is 34.1 Å². The van der Waals surface area contributed by atoms with Gasteiger partial charge in [0.25, 0.3) is 0 Å². The quantitative estimate of drug-likeness (QED) is 0.770. The van der Waals surface area contributed by atoms with Crippen LogP contribution in [-0.2, 0) is 6.42 Å². The fourth-order valence-corrected chi connectivity index (χ4v) is 2.88. The predicted molar refractivity (Wildman–Crippen MR) is 84.8 cm³/mol. The Morgan fingerprint density at radius 1 is 1.25 bits per heavy atom. The van der Waals surface area contributed by atoms with Gasteiger partial charge in [0.05, 0.1) is 7.11 Å². The van der Waals surface area contributed by atoms with E-state index in [1.807, 2.05) is 24.4 Å². The molecule has 0 atom stereocenters. The maximum absolute atomic E-state index is 5.29. The Bertz CT molecular complexity index is 695. The van der Waals surface area contributed by atoms with E-state index in [9.17, 15) is 0 Å². The lowest BCUT2D eigenvalue weighted by molar-refractivity contribution is 0.415. The van der Waals surface area contributed by atoms with E-state index in [1.54, 1.807) is 18.4 Å². The minimum Gasteiger partial charge on any atom is -0.497 e. The van der Waals surface area contributed by atoms with Crippen LogP contribution in [0.15, 0.2) is 47.3 Å². The zero-order chi connectivity index (χ0) is 13.8. The SMILES string of the molecule is COc1ccc2ccnc(NCCc3ccsc3)c2c1. The first-order chi connectivity index (χ1) is 9.86. The average molecular weight is 284 g/mol. The highest BCUT2D eigenvalue weighted by Gasteiger charge is 2.03. The molecule has 0 unspecified atom stereocenters. The molecule has 2 aromatic heterocycles. The van der Waals surface area contributed by atoms with Crippen molar-refractivity contribution in [2.24, 2.45) is 0 Å². The number of nitrogens with zero attached hydrogens (tertiary/aromatic N) is 1. The molecule has 3 aromatic rings. The van der Waals surface area contributed by atoms with Crippen LogP contribution in [0.2, 0.25) is 0 Å². The third kappa shape index (κ3) is 2.75. The molecule has 1 N–H and O–H groups in total. The van der Waals surface area contributed by atoms with Gasteiger partial charge in [-0.15, -0.1) is 0 Å². The number of ether oxygens (including phenoxy) is 1. The van der Waals surface area contributed by atoms with Crippen molar-refractivity contribution in [2.45, 2.75) is 6.42 Å². The second kappa shape index (κ2) is 5.92. The Labute approximate surface area is 122 Å². The molecule has 0 saturated carbocycles. The Hall–Kier alpha value is -2.07. The van der Waals surface area contributed by atoms with Crippen LogP contribution in [0, 0.1) is 0 Å². The molecular formula is C16H16N2OS. The van der Waals surface area contributed by atoms with Crippen molar-refractivity contribution in [2.75, 3.05) is 19.0 Å². The number of methoxy groups -OCH3 is 1. The predicted octanol–water partition coefficient (Wildman–Crippen LogP) is 3.96. The summed E-state index contributed by atoms with van der Waals surface area (Å²) in [6.45, 7) is 0.875. The molecule has 102 valence electrons. The van der Waals surface area contributed by atoms with Gasteiger partial charge in [-0.2, -0.15) is 11.3 Å². The van der Waals surface area contributed by atoms with Gasteiger partial charge < -0.3 is 10.1 Å². The average Bonchev–Trinajstić information content (AvgIpc) is 3.00. The number of hydrogen-bond donors (Lipinski definition) is 1. The maximum atomic E-state index is 5.29. The molecule has 2 heterocycles. The van der Waals surface area contributed by atoms with Crippen LogP contribution in [-0.4, -0.2) is 18.6 Å². The van der Waals surface area contributed by atoms with E-state index in [4.69, 9.17) is 4.74 Å². The lowest BCUT2D eigenvalue weighted by atomic mass is 10.1. The monoisotopic (exact) mass is 284 g/mol. The summed E-state index contributed by atoms with van der Waals surface area (Å²) in [6.07, 6.45) is 2.84. The van der Waals surface area contributed by atoms with E-state index in [-0.39, 0.29) is 0 Å². The van der Waals surface area contributed by atoms with Crippen LogP contribution in [0.3, 0.4) is 0 Å². The van der Waals surface area contributed by atoms with Crippen LogP contribution < -0.4 is 10.1 Å². The van der Waals surface area contributed by atoms with Gasteiger partial charge in [0.1, 0.15) is 11.6 Å². The van der Waals surface area contributed by atoms with E-state index in [0.717, 1.165) is 29.9 Å². The van der Waals surface area contributed by atoms with Crippen LogP contribution in [0.5, 0.6) is 5.75 Å². The number of fused-ring (bicyclic) bond motifs is 1. The van der Waals surface area contributed by atoms with Crippen molar-refractivity contribution < 1.29 is 4.74 Å². The Balaban J connectivity index is 1.79. The molecule has 0 aliphatic rings. The Kier molecular flexibility index (Phi) is 3.83. The fourth-order valence-electron chi connectivity index (χ4n) is 2.18. The summed E-state index contributed by atoms with van der Waals surface area (Å²) in [5.74, 6) is 1.77. The van der Waals surface area contributed by atoms with Crippen molar-refractivity contribution in [1.29, 1.82) is 0 Å². The second-order valence-electron chi connectivity index (χ2n) is 4.55. The molecule has 0 aliphatic heterocycles. The molecule has 0 saturated heterocycles. The first-order valence-corrected chi connectivity index (χ1v) is 7.49. The fraction of sp³-hybridized carbons (Fsp3) is 0.188. The number of thiophene rings is 1. The minimum absolute atomic E-state index is 0.853. The van der Waals surface area contributed by atoms with Crippen LogP contribution in [0.4, 0.5) is 5.82 Å². The molecular weight excluding hydrogens is 268 g/mol. The van der Waals surface area contributed by atoms with Gasteiger partial charge >= 0.3 is 0 Å². The summed E-state index contributed by atoms with van der Waals surface area (Å²) in [7, 11) is 1.68. The largest absolute Gasteiger partial charge is 0.497 e. The van der Waals surface area contributed by atoms with Gasteiger partial charge in [0.2, 0.25) is 0 Å². The normalized spacial score (nSPS) is 10.7. The van der Waals surface area contributed by atoms with Gasteiger partial charge in [-0.3, -0.25) is 0 Å². The van der Waals surface area contributed by atoms with Crippen molar-refractivity contribution in [1.82, 2.24) is 4.98 Å². The van der Waals surface area contributed by atoms with Gasteiger partial charge in [0, 0.05) is 18.1 Å². The van der Waals surface area contributed by atoms with Gasteiger partial charge in [0.15, 0.2) is 0 Å². The number of pyridine rings is 1. The van der Waals surface area contributed by atoms with Crippen molar-refractivity contribution in [3.05, 3.63) is 52.9 Å². The molecule has 0 aliphatic carbocycles. The highest BCUT2D eigenvalue weighted by Crippen LogP contribution is 2.25. The molecule has 0 fully saturated rings. The van der Waals surface area contributed by atoms with Crippen LogP contribution in [0.25, 0.3) is 10.8 Å². The number of hydrogen-bond acceptors (Lipinski definition) is 4. The van der Waals surface area contributed by atoms with E-state index in [0.29, 0.717) is 0 Å². The lowest BCUT2D eigenvalue weighted by Crippen LogP contribution is -2.06. The summed E-state index contributed by atoms with van der Waals surface area (Å²) < 4.78 is 5.29. The summed E-state index contributed by atoms with van der Waals surface area (Å²) in [5, 5.41) is 9.96. The molecule has 0 amide bonds. The summed E-state index contributed by atoms with van der Waals surface area (Å²) in [5.41, 5.74) is 1.36. The van der Waals surface area contributed by atoms with Crippen LogP contribution in [0.1, 0.15) is 5.56 Å². The third-order valence-electron chi connectivity index (χ3n) is 3.26. The molecule has 1 aromatic carbocycles. The standard InChI is InChI=1S/C16H16N2OS/c1-19-14-3-2-13-5-8-18-16(15(13)10-14)17-7-4-12-6-9-20-11-12/h2-3,5-6,8-11H,4,7H2,1H3,(H,17,18). The van der Waals surface area contributed by atoms with Crippen molar-refractivity contribution in [3.8, 4) is 5.75 Å². The minimum atomic E-state index is 0.853. The van der Waals surface area contributed by atoms with Crippen LogP contribution >= 0.6 is 11.3 Å². The first-order valence-electron chi connectivity index (χ1n) is 6.54. The second-order valence-corrected chi connectivity index (χ2v) is 5.34. The van der Waals surface area contributed by atoms with E-state index >= 15 is 0 Å². The van der Waals surface area contributed by atoms with Gasteiger partial charge in [-0.05, 0) is 52.4 Å². The third-order valence-corrected chi connectivity index (χ3v) is 3.99. The number of aromatic nitrogens is 1. The van der Waals surface area contributed by atoms with E-state index < -0.39 is 0 Å². The zero-order valence-electron chi connectivity index (χ0n) is 11.3. The molecule has 20 heavy (non-hydrogen) atoms.